The number of urea groups is 1. The highest BCUT2D eigenvalue weighted by molar-refractivity contribution is 7.22. The molecule has 204 valence electrons. The summed E-state index contributed by atoms with van der Waals surface area (Å²) < 4.78 is 0. The third-order valence-electron chi connectivity index (χ3n) is 6.90. The minimum absolute atomic E-state index is 0.291. The number of rotatable bonds is 8. The molecule has 2 amide bonds. The predicted molar refractivity (Wildman–Crippen MR) is 173 cm³/mol. The van der Waals surface area contributed by atoms with E-state index >= 15 is 0 Å². The van der Waals surface area contributed by atoms with E-state index in [2.05, 4.69) is 51.3 Å². The molecule has 4 aromatic carbocycles. The van der Waals surface area contributed by atoms with Crippen LogP contribution in [0.2, 0.25) is 0 Å². The molecular weight excluding hydrogens is 538 g/mol. The molecule has 0 saturated heterocycles. The van der Waals surface area contributed by atoms with Crippen LogP contribution in [0.1, 0.15) is 11.1 Å². The first-order valence-electron chi connectivity index (χ1n) is 13.6. The highest BCUT2D eigenvalue weighted by Crippen LogP contribution is 2.47. The van der Waals surface area contributed by atoms with E-state index in [1.165, 1.54) is 0 Å². The zero-order chi connectivity index (χ0) is 28.7. The van der Waals surface area contributed by atoms with Crippen molar-refractivity contribution in [2.24, 2.45) is 0 Å². The van der Waals surface area contributed by atoms with Crippen LogP contribution in [0.15, 0.2) is 121 Å². The molecule has 0 saturated carbocycles. The predicted octanol–water partition coefficient (Wildman–Crippen LogP) is 8.80. The molecule has 0 aliphatic heterocycles. The van der Waals surface area contributed by atoms with Gasteiger partial charge in [0.15, 0.2) is 0 Å². The third-order valence-corrected chi connectivity index (χ3v) is 8.04. The number of pyridine rings is 1. The van der Waals surface area contributed by atoms with E-state index in [0.29, 0.717) is 17.8 Å². The molecule has 0 bridgehead atoms. The maximum Gasteiger partial charge on any atom is 0.323 e. The van der Waals surface area contributed by atoms with Gasteiger partial charge in [0.25, 0.3) is 0 Å². The first-order chi connectivity index (χ1) is 20.7. The van der Waals surface area contributed by atoms with Gasteiger partial charge in [-0.05, 0) is 47.4 Å². The summed E-state index contributed by atoms with van der Waals surface area (Å²) in [6.07, 6.45) is 2.40. The second kappa shape index (κ2) is 12.4. The van der Waals surface area contributed by atoms with Gasteiger partial charge in [-0.25, -0.2) is 9.78 Å². The lowest BCUT2D eigenvalue weighted by Crippen LogP contribution is -2.19. The molecule has 0 aliphatic carbocycles. The molecule has 0 radical (unpaired) electrons. The number of carbonyl (C=O) groups excluding carboxylic acids is 1. The minimum atomic E-state index is -0.291. The lowest BCUT2D eigenvalue weighted by molar-refractivity contribution is 0.262. The Balaban J connectivity index is 1.23. The van der Waals surface area contributed by atoms with Crippen LogP contribution < -0.4 is 16.0 Å². The van der Waals surface area contributed by atoms with Crippen LogP contribution in [-0.4, -0.2) is 17.6 Å². The smallest absolute Gasteiger partial charge is 0.323 e. The van der Waals surface area contributed by atoms with Crippen molar-refractivity contribution in [2.75, 3.05) is 22.5 Å². The van der Waals surface area contributed by atoms with Crippen molar-refractivity contribution in [3.05, 3.63) is 133 Å². The molecule has 7 heteroatoms. The number of amides is 2. The number of anilines is 3. The largest absolute Gasteiger partial charge is 0.383 e. The van der Waals surface area contributed by atoms with E-state index in [0.717, 1.165) is 55.1 Å². The summed E-state index contributed by atoms with van der Waals surface area (Å²) in [6.45, 7) is 0.625. The number of benzene rings is 4. The molecule has 0 aliphatic rings. The van der Waals surface area contributed by atoms with Gasteiger partial charge in [0.2, 0.25) is 0 Å². The zero-order valence-electron chi connectivity index (χ0n) is 22.7. The van der Waals surface area contributed by atoms with Crippen molar-refractivity contribution in [3.63, 3.8) is 0 Å². The fourth-order valence-corrected chi connectivity index (χ4v) is 6.09. The van der Waals surface area contributed by atoms with Crippen LogP contribution in [0.5, 0.6) is 0 Å². The molecule has 6 nitrogen and oxygen atoms in total. The SMILES string of the molecule is N#Cc1cnc2sc(-c3ccccc3)c(-c3ccccc3)c2c1NCCc1ccc(NC(=O)Nc2ccccc2)cc1. The van der Waals surface area contributed by atoms with Crippen LogP contribution in [-0.2, 0) is 6.42 Å². The van der Waals surface area contributed by atoms with Gasteiger partial charge >= 0.3 is 6.03 Å². The maximum absolute atomic E-state index is 12.3. The normalized spacial score (nSPS) is 10.6. The van der Waals surface area contributed by atoms with Gasteiger partial charge in [0.1, 0.15) is 10.9 Å². The Morgan fingerprint density at radius 3 is 2.00 bits per heavy atom. The number of para-hydroxylation sites is 1. The standard InChI is InChI=1S/C35H27N5OS/c36-22-27-23-38-34-31(30(25-10-4-1-5-11-25)33(42-34)26-12-6-2-7-13-26)32(27)37-21-20-24-16-18-29(19-17-24)40-35(41)39-28-14-8-3-9-15-28/h1-19,23H,20-21H2,(H,37,38)(H2,39,40,41). The van der Waals surface area contributed by atoms with Crippen LogP contribution in [0.3, 0.4) is 0 Å². The Bertz CT molecular complexity index is 1860. The Hall–Kier alpha value is -5.45. The summed E-state index contributed by atoms with van der Waals surface area (Å²) in [4.78, 5) is 19.0. The van der Waals surface area contributed by atoms with E-state index in [-0.39, 0.29) is 6.03 Å². The number of fused-ring (bicyclic) bond motifs is 1. The van der Waals surface area contributed by atoms with Crippen molar-refractivity contribution in [3.8, 4) is 27.6 Å². The van der Waals surface area contributed by atoms with Crippen molar-refractivity contribution in [1.29, 1.82) is 5.26 Å². The second-order valence-corrected chi connectivity index (χ2v) is 10.7. The molecule has 6 aromatic rings. The van der Waals surface area contributed by atoms with E-state index < -0.39 is 0 Å². The van der Waals surface area contributed by atoms with Gasteiger partial charge < -0.3 is 16.0 Å². The van der Waals surface area contributed by atoms with E-state index in [1.54, 1.807) is 17.5 Å². The number of nitrogens with one attached hydrogen (secondary N) is 3. The van der Waals surface area contributed by atoms with Gasteiger partial charge in [0, 0.05) is 39.9 Å². The number of carbonyl (C=O) groups is 1. The highest BCUT2D eigenvalue weighted by Gasteiger charge is 2.21. The molecule has 2 aromatic heterocycles. The molecule has 0 unspecified atom stereocenters. The lowest BCUT2D eigenvalue weighted by atomic mass is 9.98. The zero-order valence-corrected chi connectivity index (χ0v) is 23.5. The van der Waals surface area contributed by atoms with Crippen molar-refractivity contribution >= 4 is 44.6 Å². The second-order valence-electron chi connectivity index (χ2n) is 9.70. The third kappa shape index (κ3) is 5.85. The van der Waals surface area contributed by atoms with Crippen molar-refractivity contribution in [2.45, 2.75) is 6.42 Å². The highest BCUT2D eigenvalue weighted by atomic mass is 32.1. The Morgan fingerprint density at radius 2 is 1.36 bits per heavy atom. The average molecular weight is 566 g/mol. The molecule has 42 heavy (non-hydrogen) atoms. The Kier molecular flexibility index (Phi) is 7.89. The Morgan fingerprint density at radius 1 is 0.762 bits per heavy atom. The monoisotopic (exact) mass is 565 g/mol. The Labute approximate surface area is 248 Å². The van der Waals surface area contributed by atoms with E-state index in [1.807, 2.05) is 91.0 Å². The minimum Gasteiger partial charge on any atom is -0.383 e. The lowest BCUT2D eigenvalue weighted by Gasteiger charge is -2.13. The van der Waals surface area contributed by atoms with Gasteiger partial charge in [-0.3, -0.25) is 0 Å². The molecule has 0 fully saturated rings. The first kappa shape index (κ1) is 26.8. The summed E-state index contributed by atoms with van der Waals surface area (Å²) in [5.41, 5.74) is 7.16. The van der Waals surface area contributed by atoms with Gasteiger partial charge in [0.05, 0.1) is 11.3 Å². The van der Waals surface area contributed by atoms with Gasteiger partial charge in [-0.1, -0.05) is 91.0 Å². The van der Waals surface area contributed by atoms with Crippen LogP contribution in [0.25, 0.3) is 31.8 Å². The fraction of sp³-hybridized carbons (Fsp3) is 0.0571. The molecule has 0 atom stereocenters. The van der Waals surface area contributed by atoms with Crippen molar-refractivity contribution in [1.82, 2.24) is 4.98 Å². The van der Waals surface area contributed by atoms with Gasteiger partial charge in [-0.15, -0.1) is 11.3 Å². The average Bonchev–Trinajstić information content (AvgIpc) is 3.43. The van der Waals surface area contributed by atoms with Crippen LogP contribution >= 0.6 is 11.3 Å². The summed E-state index contributed by atoms with van der Waals surface area (Å²) in [5, 5.41) is 20.2. The maximum atomic E-state index is 12.3. The van der Waals surface area contributed by atoms with E-state index in [9.17, 15) is 10.1 Å². The fourth-order valence-electron chi connectivity index (χ4n) is 4.91. The summed E-state index contributed by atoms with van der Waals surface area (Å²) >= 11 is 1.64. The number of thiophene rings is 1. The van der Waals surface area contributed by atoms with Crippen LogP contribution in [0, 0.1) is 11.3 Å². The first-order valence-corrected chi connectivity index (χ1v) is 14.4. The molecule has 3 N–H and O–H groups in total. The number of hydrogen-bond acceptors (Lipinski definition) is 5. The summed E-state index contributed by atoms with van der Waals surface area (Å²) in [7, 11) is 0. The summed E-state index contributed by atoms with van der Waals surface area (Å²) in [5.74, 6) is 0. The van der Waals surface area contributed by atoms with E-state index in [4.69, 9.17) is 0 Å². The topological polar surface area (TPSA) is 89.8 Å². The molecular formula is C35H27N5OS. The van der Waals surface area contributed by atoms with Crippen LogP contribution in [0.4, 0.5) is 21.9 Å². The van der Waals surface area contributed by atoms with Crippen molar-refractivity contribution < 1.29 is 4.79 Å². The summed E-state index contributed by atoms with van der Waals surface area (Å²) in [6, 6.07) is 39.8. The number of nitrogens with zero attached hydrogens (tertiary/aromatic N) is 2. The molecule has 2 heterocycles. The van der Waals surface area contributed by atoms with Gasteiger partial charge in [-0.2, -0.15) is 5.26 Å². The number of nitriles is 1. The number of aromatic nitrogens is 1. The molecule has 6 rings (SSSR count). The quantitative estimate of drug-likeness (QED) is 0.172. The molecule has 0 spiro atoms. The number of hydrogen-bond donors (Lipinski definition) is 3.